The molecule has 0 saturated heterocycles. The third kappa shape index (κ3) is 2.75. The summed E-state index contributed by atoms with van der Waals surface area (Å²) < 4.78 is 4.93. The van der Waals surface area contributed by atoms with E-state index in [0.717, 1.165) is 4.88 Å². The minimum absolute atomic E-state index is 0.0493. The van der Waals surface area contributed by atoms with E-state index in [-0.39, 0.29) is 11.4 Å². The second kappa shape index (κ2) is 5.46. The quantitative estimate of drug-likeness (QED) is 0.664. The monoisotopic (exact) mass is 265 g/mol. The molecule has 2 rings (SSSR count). The highest BCUT2D eigenvalue weighted by Gasteiger charge is 2.14. The number of anilines is 1. The number of nitro groups is 1. The molecule has 1 aromatic heterocycles. The molecule has 2 aromatic rings. The maximum absolute atomic E-state index is 10.9. The molecule has 0 atom stereocenters. The number of nitrogens with zero attached hydrogens (tertiary/aromatic N) is 2. The van der Waals surface area contributed by atoms with E-state index in [2.05, 4.69) is 10.3 Å². The predicted molar refractivity (Wildman–Crippen MR) is 69.1 cm³/mol. The van der Waals surface area contributed by atoms with E-state index in [1.165, 1.54) is 24.5 Å². The summed E-state index contributed by atoms with van der Waals surface area (Å²) in [5.74, 6) is 0.253. The molecule has 0 amide bonds. The van der Waals surface area contributed by atoms with E-state index in [0.29, 0.717) is 12.2 Å². The Morgan fingerprint density at radius 3 is 3.00 bits per heavy atom. The fraction of sp³-hybridized carbons (Fsp3) is 0.182. The van der Waals surface area contributed by atoms with Crippen LogP contribution in [0, 0.1) is 10.1 Å². The molecule has 0 spiro atoms. The number of benzene rings is 1. The van der Waals surface area contributed by atoms with Gasteiger partial charge in [-0.05, 0) is 12.1 Å². The average Bonchev–Trinajstić information content (AvgIpc) is 2.89. The minimum Gasteiger partial charge on any atom is -0.490 e. The van der Waals surface area contributed by atoms with Gasteiger partial charge in [0, 0.05) is 22.8 Å². The van der Waals surface area contributed by atoms with Gasteiger partial charge >= 0.3 is 5.69 Å². The van der Waals surface area contributed by atoms with Crippen LogP contribution >= 0.6 is 11.3 Å². The first-order valence-electron chi connectivity index (χ1n) is 5.14. The van der Waals surface area contributed by atoms with Crippen LogP contribution in [0.4, 0.5) is 11.4 Å². The minimum atomic E-state index is -0.462. The summed E-state index contributed by atoms with van der Waals surface area (Å²) in [6, 6.07) is 4.78. The highest BCUT2D eigenvalue weighted by atomic mass is 32.1. The van der Waals surface area contributed by atoms with Gasteiger partial charge in [-0.2, -0.15) is 0 Å². The second-order valence-electron chi connectivity index (χ2n) is 3.47. The van der Waals surface area contributed by atoms with Crippen LogP contribution in [0.5, 0.6) is 5.75 Å². The lowest BCUT2D eigenvalue weighted by Gasteiger charge is -2.06. The van der Waals surface area contributed by atoms with Crippen LogP contribution in [0.3, 0.4) is 0 Å². The highest BCUT2D eigenvalue weighted by Crippen LogP contribution is 2.29. The van der Waals surface area contributed by atoms with E-state index in [1.54, 1.807) is 23.8 Å². The van der Waals surface area contributed by atoms with Crippen LogP contribution < -0.4 is 10.1 Å². The topological polar surface area (TPSA) is 77.3 Å². The van der Waals surface area contributed by atoms with Crippen LogP contribution in [0.1, 0.15) is 4.88 Å². The fourth-order valence-electron chi connectivity index (χ4n) is 1.46. The molecule has 0 radical (unpaired) electrons. The summed E-state index contributed by atoms with van der Waals surface area (Å²) in [6.07, 6.45) is 1.76. The lowest BCUT2D eigenvalue weighted by atomic mass is 10.2. The maximum Gasteiger partial charge on any atom is 0.312 e. The van der Waals surface area contributed by atoms with Gasteiger partial charge < -0.3 is 10.1 Å². The molecular formula is C11H11N3O3S. The molecule has 1 N–H and O–H groups in total. The van der Waals surface area contributed by atoms with Crippen LogP contribution in [0.15, 0.2) is 29.9 Å². The summed E-state index contributed by atoms with van der Waals surface area (Å²) in [5, 5.41) is 14.0. The molecule has 0 aliphatic rings. The van der Waals surface area contributed by atoms with Gasteiger partial charge in [-0.15, -0.1) is 11.3 Å². The summed E-state index contributed by atoms with van der Waals surface area (Å²) in [7, 11) is 1.41. The number of rotatable bonds is 5. The Labute approximate surface area is 107 Å². The number of thiazole rings is 1. The van der Waals surface area contributed by atoms with Gasteiger partial charge in [-0.3, -0.25) is 15.1 Å². The van der Waals surface area contributed by atoms with Crippen molar-refractivity contribution in [2.24, 2.45) is 0 Å². The predicted octanol–water partition coefficient (Wildman–Crippen LogP) is 2.67. The number of nitrogens with one attached hydrogen (secondary N) is 1. The smallest absolute Gasteiger partial charge is 0.312 e. The van der Waals surface area contributed by atoms with Crippen LogP contribution in [0.2, 0.25) is 0 Å². The summed E-state index contributed by atoms with van der Waals surface area (Å²) >= 11 is 1.53. The number of ether oxygens (including phenoxy) is 1. The zero-order chi connectivity index (χ0) is 13.0. The first-order valence-corrected chi connectivity index (χ1v) is 6.02. The van der Waals surface area contributed by atoms with Gasteiger partial charge in [0.2, 0.25) is 0 Å². The van der Waals surface area contributed by atoms with Crippen molar-refractivity contribution in [1.29, 1.82) is 0 Å². The van der Waals surface area contributed by atoms with E-state index in [4.69, 9.17) is 4.74 Å². The lowest BCUT2D eigenvalue weighted by molar-refractivity contribution is -0.385. The Balaban J connectivity index is 2.14. The van der Waals surface area contributed by atoms with E-state index < -0.39 is 4.92 Å². The highest BCUT2D eigenvalue weighted by molar-refractivity contribution is 7.09. The molecule has 18 heavy (non-hydrogen) atoms. The van der Waals surface area contributed by atoms with Crippen LogP contribution in [-0.4, -0.2) is 17.0 Å². The lowest BCUT2D eigenvalue weighted by Crippen LogP contribution is -1.99. The molecule has 1 aromatic carbocycles. The Kier molecular flexibility index (Phi) is 3.73. The normalized spacial score (nSPS) is 10.1. The first kappa shape index (κ1) is 12.3. The van der Waals surface area contributed by atoms with Gasteiger partial charge in [0.25, 0.3) is 0 Å². The molecule has 0 fully saturated rings. The Morgan fingerprint density at radius 2 is 2.39 bits per heavy atom. The number of hydrogen-bond acceptors (Lipinski definition) is 6. The van der Waals surface area contributed by atoms with Crippen LogP contribution in [-0.2, 0) is 6.54 Å². The Morgan fingerprint density at radius 1 is 1.56 bits per heavy atom. The molecular weight excluding hydrogens is 254 g/mol. The van der Waals surface area contributed by atoms with Gasteiger partial charge in [0.05, 0.1) is 24.1 Å². The van der Waals surface area contributed by atoms with Gasteiger partial charge in [-0.25, -0.2) is 0 Å². The first-order chi connectivity index (χ1) is 8.70. The third-order valence-corrected chi connectivity index (χ3v) is 3.11. The number of nitro benzene ring substituents is 1. The molecule has 0 bridgehead atoms. The number of aromatic nitrogens is 1. The summed E-state index contributed by atoms with van der Waals surface area (Å²) in [5.41, 5.74) is 2.37. The Bertz CT molecular complexity index is 542. The molecule has 0 aliphatic carbocycles. The summed E-state index contributed by atoms with van der Waals surface area (Å²) in [4.78, 5) is 15.4. The SMILES string of the molecule is COc1ccc(NCc2cncs2)cc1[N+](=O)[O-]. The van der Waals surface area contributed by atoms with Crippen molar-refractivity contribution in [3.05, 3.63) is 44.9 Å². The molecule has 6 nitrogen and oxygen atoms in total. The van der Waals surface area contributed by atoms with Crippen molar-refractivity contribution in [1.82, 2.24) is 4.98 Å². The zero-order valence-corrected chi connectivity index (χ0v) is 10.4. The van der Waals surface area contributed by atoms with E-state index in [1.807, 2.05) is 0 Å². The van der Waals surface area contributed by atoms with Gasteiger partial charge in [0.15, 0.2) is 5.75 Å². The van der Waals surface area contributed by atoms with Crippen LogP contribution in [0.25, 0.3) is 0 Å². The number of hydrogen-bond donors (Lipinski definition) is 1. The molecule has 1 heterocycles. The van der Waals surface area contributed by atoms with E-state index >= 15 is 0 Å². The number of methoxy groups -OCH3 is 1. The van der Waals surface area contributed by atoms with Gasteiger partial charge in [0.1, 0.15) is 0 Å². The van der Waals surface area contributed by atoms with Crippen molar-refractivity contribution < 1.29 is 9.66 Å². The third-order valence-electron chi connectivity index (χ3n) is 2.33. The molecule has 7 heteroatoms. The van der Waals surface area contributed by atoms with Crippen molar-refractivity contribution in [2.75, 3.05) is 12.4 Å². The standard InChI is InChI=1S/C11H11N3O3S/c1-17-11-3-2-8(4-10(11)14(15)16)13-6-9-5-12-7-18-9/h2-5,7,13H,6H2,1H3. The molecule has 94 valence electrons. The average molecular weight is 265 g/mol. The fourth-order valence-corrected chi connectivity index (χ4v) is 2.00. The largest absolute Gasteiger partial charge is 0.490 e. The van der Waals surface area contributed by atoms with Crippen molar-refractivity contribution in [3.63, 3.8) is 0 Å². The molecule has 0 unspecified atom stereocenters. The Hall–Kier alpha value is -2.15. The molecule has 0 saturated carbocycles. The second-order valence-corrected chi connectivity index (χ2v) is 4.44. The van der Waals surface area contributed by atoms with E-state index in [9.17, 15) is 10.1 Å². The molecule has 0 aliphatic heterocycles. The maximum atomic E-state index is 10.9. The van der Waals surface area contributed by atoms with Gasteiger partial charge in [-0.1, -0.05) is 0 Å². The summed E-state index contributed by atoms with van der Waals surface area (Å²) in [6.45, 7) is 0.591. The van der Waals surface area contributed by atoms with Crippen molar-refractivity contribution in [2.45, 2.75) is 6.54 Å². The van der Waals surface area contributed by atoms with Crippen molar-refractivity contribution in [3.8, 4) is 5.75 Å². The zero-order valence-electron chi connectivity index (χ0n) is 9.62. The van der Waals surface area contributed by atoms with Crippen molar-refractivity contribution >= 4 is 22.7 Å².